The van der Waals surface area contributed by atoms with Gasteiger partial charge in [0.15, 0.2) is 0 Å². The van der Waals surface area contributed by atoms with Crippen LogP contribution in [0, 0.1) is 5.92 Å². The molecule has 3 N–H and O–H groups in total. The lowest BCUT2D eigenvalue weighted by Gasteiger charge is -2.11. The number of nitrogens with one attached hydrogen (secondary N) is 1. The standard InChI is InChI=1S/C16H18N2OS.ClH/c17-14(12-6-7-12)10-18-16(19)15-13(8-9-20-15)11-4-2-1-3-5-11;/h1-5,8-9,12,14H,6-7,10,17H2,(H,18,19);1H. The third-order valence-corrected chi connectivity index (χ3v) is 4.60. The smallest absolute Gasteiger partial charge is 0.262 e. The van der Waals surface area contributed by atoms with Gasteiger partial charge in [0.25, 0.3) is 5.91 Å². The fourth-order valence-electron chi connectivity index (χ4n) is 2.31. The van der Waals surface area contributed by atoms with Crippen LogP contribution < -0.4 is 11.1 Å². The van der Waals surface area contributed by atoms with E-state index in [0.717, 1.165) is 16.0 Å². The Bertz CT molecular complexity index is 595. The number of carbonyl (C=O) groups is 1. The topological polar surface area (TPSA) is 55.1 Å². The van der Waals surface area contributed by atoms with Gasteiger partial charge in [0.05, 0.1) is 4.88 Å². The van der Waals surface area contributed by atoms with E-state index in [-0.39, 0.29) is 24.4 Å². The van der Waals surface area contributed by atoms with Gasteiger partial charge in [0, 0.05) is 18.2 Å². The highest BCUT2D eigenvalue weighted by Crippen LogP contribution is 2.31. The summed E-state index contributed by atoms with van der Waals surface area (Å²) in [6.07, 6.45) is 2.40. The van der Waals surface area contributed by atoms with Gasteiger partial charge in [-0.2, -0.15) is 0 Å². The summed E-state index contributed by atoms with van der Waals surface area (Å²) in [6.45, 7) is 0.565. The molecule has 0 saturated heterocycles. The van der Waals surface area contributed by atoms with Crippen LogP contribution in [-0.4, -0.2) is 18.5 Å². The van der Waals surface area contributed by atoms with E-state index in [4.69, 9.17) is 5.73 Å². The van der Waals surface area contributed by atoms with Crippen molar-refractivity contribution in [3.63, 3.8) is 0 Å². The molecular weight excluding hydrogens is 304 g/mol. The van der Waals surface area contributed by atoms with Gasteiger partial charge in [0.2, 0.25) is 0 Å². The second-order valence-corrected chi connectivity index (χ2v) is 6.16. The third-order valence-electron chi connectivity index (χ3n) is 3.68. The molecule has 1 atom stereocenters. The zero-order valence-electron chi connectivity index (χ0n) is 11.6. The third kappa shape index (κ3) is 3.84. The number of amides is 1. The predicted octanol–water partition coefficient (Wildman–Crippen LogP) is 3.30. The van der Waals surface area contributed by atoms with Gasteiger partial charge >= 0.3 is 0 Å². The van der Waals surface area contributed by atoms with Crippen molar-refractivity contribution in [2.75, 3.05) is 6.54 Å². The van der Waals surface area contributed by atoms with Crippen molar-refractivity contribution < 1.29 is 4.79 Å². The summed E-state index contributed by atoms with van der Waals surface area (Å²) in [5.74, 6) is 0.585. The minimum absolute atomic E-state index is 0. The molecule has 1 aromatic heterocycles. The summed E-state index contributed by atoms with van der Waals surface area (Å²) in [5.41, 5.74) is 8.09. The molecule has 1 aliphatic carbocycles. The maximum absolute atomic E-state index is 12.3. The number of benzene rings is 1. The second kappa shape index (κ2) is 7.07. The van der Waals surface area contributed by atoms with E-state index in [2.05, 4.69) is 5.32 Å². The Kier molecular flexibility index (Phi) is 5.39. The molecule has 3 nitrogen and oxygen atoms in total. The molecule has 1 heterocycles. The summed E-state index contributed by atoms with van der Waals surface area (Å²) in [6, 6.07) is 12.1. The van der Waals surface area contributed by atoms with Gasteiger partial charge in [-0.15, -0.1) is 23.7 Å². The molecule has 2 aromatic rings. The van der Waals surface area contributed by atoms with Crippen molar-refractivity contribution in [1.82, 2.24) is 5.32 Å². The minimum Gasteiger partial charge on any atom is -0.350 e. The number of halogens is 1. The van der Waals surface area contributed by atoms with Crippen LogP contribution >= 0.6 is 23.7 Å². The summed E-state index contributed by atoms with van der Waals surface area (Å²) >= 11 is 1.48. The molecule has 0 spiro atoms. The average Bonchev–Trinajstić information content (AvgIpc) is 3.22. The summed E-state index contributed by atoms with van der Waals surface area (Å²) < 4.78 is 0. The molecule has 0 radical (unpaired) electrons. The average molecular weight is 323 g/mol. The molecule has 5 heteroatoms. The molecule has 1 amide bonds. The highest BCUT2D eigenvalue weighted by molar-refractivity contribution is 7.12. The highest BCUT2D eigenvalue weighted by Gasteiger charge is 2.28. The Labute approximate surface area is 135 Å². The van der Waals surface area contributed by atoms with E-state index in [1.807, 2.05) is 41.8 Å². The van der Waals surface area contributed by atoms with Crippen LogP contribution in [0.2, 0.25) is 0 Å². The van der Waals surface area contributed by atoms with Crippen molar-refractivity contribution >= 4 is 29.7 Å². The first kappa shape index (κ1) is 16.0. The number of thiophene rings is 1. The van der Waals surface area contributed by atoms with Crippen LogP contribution in [0.1, 0.15) is 22.5 Å². The van der Waals surface area contributed by atoms with Crippen molar-refractivity contribution in [3.8, 4) is 11.1 Å². The van der Waals surface area contributed by atoms with E-state index >= 15 is 0 Å². The number of rotatable bonds is 5. The van der Waals surface area contributed by atoms with Gasteiger partial charge in [-0.3, -0.25) is 4.79 Å². The first-order chi connectivity index (χ1) is 9.75. The molecule has 1 aliphatic rings. The van der Waals surface area contributed by atoms with E-state index < -0.39 is 0 Å². The lowest BCUT2D eigenvalue weighted by molar-refractivity contribution is 0.0955. The van der Waals surface area contributed by atoms with Crippen LogP contribution in [0.15, 0.2) is 41.8 Å². The Morgan fingerprint density at radius 3 is 2.67 bits per heavy atom. The molecule has 112 valence electrons. The maximum Gasteiger partial charge on any atom is 0.262 e. The number of hydrogen-bond acceptors (Lipinski definition) is 3. The molecule has 0 aliphatic heterocycles. The van der Waals surface area contributed by atoms with Crippen LogP contribution in [0.4, 0.5) is 0 Å². The molecule has 1 aromatic carbocycles. The number of carbonyl (C=O) groups excluding carboxylic acids is 1. The number of hydrogen-bond donors (Lipinski definition) is 2. The van der Waals surface area contributed by atoms with E-state index in [0.29, 0.717) is 12.5 Å². The zero-order chi connectivity index (χ0) is 13.9. The Hall–Kier alpha value is -1.36. The van der Waals surface area contributed by atoms with Crippen molar-refractivity contribution in [2.24, 2.45) is 11.7 Å². The van der Waals surface area contributed by atoms with Gasteiger partial charge in [-0.05, 0) is 35.8 Å². The van der Waals surface area contributed by atoms with E-state index in [9.17, 15) is 4.79 Å². The maximum atomic E-state index is 12.3. The Balaban J connectivity index is 0.00000161. The summed E-state index contributed by atoms with van der Waals surface area (Å²) in [5, 5.41) is 4.92. The predicted molar refractivity (Wildman–Crippen MR) is 90.0 cm³/mol. The fraction of sp³-hybridized carbons (Fsp3) is 0.312. The Morgan fingerprint density at radius 2 is 2.00 bits per heavy atom. The molecule has 21 heavy (non-hydrogen) atoms. The van der Waals surface area contributed by atoms with Crippen LogP contribution in [0.25, 0.3) is 11.1 Å². The molecule has 0 bridgehead atoms. The normalized spacial score (nSPS) is 15.1. The van der Waals surface area contributed by atoms with Crippen molar-refractivity contribution in [2.45, 2.75) is 18.9 Å². The molecule has 1 fully saturated rings. The minimum atomic E-state index is -0.0186. The van der Waals surface area contributed by atoms with Crippen LogP contribution in [0.5, 0.6) is 0 Å². The largest absolute Gasteiger partial charge is 0.350 e. The fourth-order valence-corrected chi connectivity index (χ4v) is 3.14. The first-order valence-corrected chi connectivity index (χ1v) is 7.80. The monoisotopic (exact) mass is 322 g/mol. The van der Waals surface area contributed by atoms with Gasteiger partial charge in [0.1, 0.15) is 0 Å². The molecule has 3 rings (SSSR count). The van der Waals surface area contributed by atoms with Gasteiger partial charge in [-0.25, -0.2) is 0 Å². The highest BCUT2D eigenvalue weighted by atomic mass is 35.5. The lowest BCUT2D eigenvalue weighted by atomic mass is 10.1. The zero-order valence-corrected chi connectivity index (χ0v) is 13.3. The molecule has 1 unspecified atom stereocenters. The van der Waals surface area contributed by atoms with E-state index in [1.165, 1.54) is 24.2 Å². The first-order valence-electron chi connectivity index (χ1n) is 6.92. The van der Waals surface area contributed by atoms with Gasteiger partial charge < -0.3 is 11.1 Å². The lowest BCUT2D eigenvalue weighted by Crippen LogP contribution is -2.38. The number of nitrogens with two attached hydrogens (primary N) is 1. The van der Waals surface area contributed by atoms with Crippen molar-refractivity contribution in [3.05, 3.63) is 46.7 Å². The second-order valence-electron chi connectivity index (χ2n) is 5.24. The van der Waals surface area contributed by atoms with Gasteiger partial charge in [-0.1, -0.05) is 30.3 Å². The summed E-state index contributed by atoms with van der Waals surface area (Å²) in [4.78, 5) is 13.1. The quantitative estimate of drug-likeness (QED) is 0.887. The molecule has 1 saturated carbocycles. The Morgan fingerprint density at radius 1 is 1.29 bits per heavy atom. The van der Waals surface area contributed by atoms with E-state index in [1.54, 1.807) is 0 Å². The molecular formula is C16H19ClN2OS. The summed E-state index contributed by atoms with van der Waals surface area (Å²) in [7, 11) is 0. The van der Waals surface area contributed by atoms with Crippen molar-refractivity contribution in [1.29, 1.82) is 0 Å². The van der Waals surface area contributed by atoms with Crippen LogP contribution in [-0.2, 0) is 0 Å². The SMILES string of the molecule is Cl.NC(CNC(=O)c1sccc1-c1ccccc1)C1CC1. The van der Waals surface area contributed by atoms with Crippen LogP contribution in [0.3, 0.4) is 0 Å².